The van der Waals surface area contributed by atoms with Crippen molar-refractivity contribution in [1.29, 1.82) is 0 Å². The first kappa shape index (κ1) is 29.9. The average molecular weight is 635 g/mol. The van der Waals surface area contributed by atoms with Gasteiger partial charge in [-0.25, -0.2) is 4.99 Å². The fourth-order valence-corrected chi connectivity index (χ4v) is 8.70. The Morgan fingerprint density at radius 1 is 0.592 bits per heavy atom. The van der Waals surface area contributed by atoms with Crippen molar-refractivity contribution in [2.24, 2.45) is 10.4 Å². The third-order valence-electron chi connectivity index (χ3n) is 11.7. The highest BCUT2D eigenvalue weighted by Crippen LogP contribution is 2.51. The van der Waals surface area contributed by atoms with Crippen molar-refractivity contribution >= 4 is 17.1 Å². The smallest absolute Gasteiger partial charge is 0.113 e. The summed E-state index contributed by atoms with van der Waals surface area (Å²) in [7, 11) is 0. The Hall–Kier alpha value is -5.21. The Labute approximate surface area is 290 Å². The lowest BCUT2D eigenvalue weighted by molar-refractivity contribution is 0.561. The van der Waals surface area contributed by atoms with E-state index in [0.717, 1.165) is 18.0 Å². The van der Waals surface area contributed by atoms with Gasteiger partial charge in [0.05, 0.1) is 11.7 Å². The molecule has 2 nitrogen and oxygen atoms in total. The minimum atomic E-state index is -0.269. The Bertz CT molecular complexity index is 2290. The maximum absolute atomic E-state index is 5.46. The standard InChI is InChI=1S/C47H42N2/c1-45(2)38-17-11-9-15-34(38)36-21-19-32(27-40(36)45)42-29-43(33-20-22-37-35-16-10-12-18-39(35)46(3,4)41(37)28-33)49-44(48-42)47(5)25-23-31(24-26-47)30-13-7-6-8-14-30/h6-25,27-29,42H,26H2,1-5H3,(H,48,49). The SMILES string of the molecule is CC1(C2=NC(c3ccc4c(c3)C(C)(C)c3ccccc3-4)=CC(c3ccc4c(c3)C(C)(C)c3ccccc3-4)N2)C=CC(c2ccccc2)=CC1. The molecule has 9 rings (SSSR count). The molecule has 2 atom stereocenters. The van der Waals surface area contributed by atoms with Gasteiger partial charge in [-0.15, -0.1) is 0 Å². The van der Waals surface area contributed by atoms with Crippen molar-refractivity contribution < 1.29 is 0 Å². The lowest BCUT2D eigenvalue weighted by Gasteiger charge is -2.35. The number of fused-ring (bicyclic) bond motifs is 6. The van der Waals surface area contributed by atoms with E-state index in [1.165, 1.54) is 66.8 Å². The van der Waals surface area contributed by atoms with E-state index in [4.69, 9.17) is 4.99 Å². The highest BCUT2D eigenvalue weighted by atomic mass is 15.1. The lowest BCUT2D eigenvalue weighted by atomic mass is 9.78. The predicted octanol–water partition coefficient (Wildman–Crippen LogP) is 11.4. The number of aliphatic imine (C=N–C) groups is 1. The second-order valence-corrected chi connectivity index (χ2v) is 15.5. The fraction of sp³-hybridized carbons (Fsp3) is 0.213. The van der Waals surface area contributed by atoms with Crippen LogP contribution in [0.3, 0.4) is 0 Å². The maximum atomic E-state index is 5.46. The summed E-state index contributed by atoms with van der Waals surface area (Å²) in [4.78, 5) is 5.46. The van der Waals surface area contributed by atoms with Crippen molar-refractivity contribution in [3.05, 3.63) is 179 Å². The molecule has 1 aliphatic heterocycles. The third kappa shape index (κ3) is 4.57. The molecule has 0 saturated heterocycles. The highest BCUT2D eigenvalue weighted by Gasteiger charge is 2.39. The molecule has 2 heteroatoms. The molecule has 5 aromatic rings. The zero-order valence-electron chi connectivity index (χ0n) is 29.0. The van der Waals surface area contributed by atoms with Gasteiger partial charge in [0.25, 0.3) is 0 Å². The zero-order chi connectivity index (χ0) is 33.5. The lowest BCUT2D eigenvalue weighted by Crippen LogP contribution is -2.41. The molecule has 0 saturated carbocycles. The van der Waals surface area contributed by atoms with Crippen molar-refractivity contribution in [2.75, 3.05) is 0 Å². The number of allylic oxidation sites excluding steroid dienone is 3. The summed E-state index contributed by atoms with van der Waals surface area (Å²) < 4.78 is 0. The quantitative estimate of drug-likeness (QED) is 0.209. The molecule has 0 amide bonds. The number of hydrogen-bond donors (Lipinski definition) is 1. The summed E-state index contributed by atoms with van der Waals surface area (Å²) in [5.74, 6) is 1.01. The molecule has 0 fully saturated rings. The van der Waals surface area contributed by atoms with E-state index < -0.39 is 0 Å². The van der Waals surface area contributed by atoms with Gasteiger partial charge in [-0.2, -0.15) is 0 Å². The summed E-state index contributed by atoms with van der Waals surface area (Å²) in [6.07, 6.45) is 10.2. The van der Waals surface area contributed by atoms with Crippen LogP contribution in [0.1, 0.15) is 86.0 Å². The fourth-order valence-electron chi connectivity index (χ4n) is 8.70. The molecule has 3 aliphatic carbocycles. The van der Waals surface area contributed by atoms with Crippen molar-refractivity contribution in [3.8, 4) is 22.3 Å². The molecule has 0 radical (unpaired) electrons. The van der Waals surface area contributed by atoms with Crippen LogP contribution < -0.4 is 5.32 Å². The van der Waals surface area contributed by atoms with E-state index in [1.807, 2.05) is 0 Å². The maximum Gasteiger partial charge on any atom is 0.113 e. The monoisotopic (exact) mass is 634 g/mol. The van der Waals surface area contributed by atoms with Gasteiger partial charge in [0.15, 0.2) is 0 Å². The number of benzene rings is 5. The van der Waals surface area contributed by atoms with Crippen LogP contribution in [0.15, 0.2) is 145 Å². The van der Waals surface area contributed by atoms with Crippen LogP contribution in [0.4, 0.5) is 0 Å². The van der Waals surface area contributed by atoms with Gasteiger partial charge in [0.1, 0.15) is 5.84 Å². The first-order chi connectivity index (χ1) is 23.6. The molecule has 4 aliphatic rings. The van der Waals surface area contributed by atoms with E-state index in [-0.39, 0.29) is 22.3 Å². The highest BCUT2D eigenvalue weighted by molar-refractivity contribution is 5.98. The van der Waals surface area contributed by atoms with E-state index in [9.17, 15) is 0 Å². The second-order valence-electron chi connectivity index (χ2n) is 15.5. The van der Waals surface area contributed by atoms with Crippen molar-refractivity contribution in [2.45, 2.75) is 57.9 Å². The van der Waals surface area contributed by atoms with Crippen molar-refractivity contribution in [3.63, 3.8) is 0 Å². The summed E-state index contributed by atoms with van der Waals surface area (Å²) in [6, 6.07) is 42.5. The second kappa shape index (κ2) is 10.6. The summed E-state index contributed by atoms with van der Waals surface area (Å²) in [5, 5.41) is 3.95. The van der Waals surface area contributed by atoms with Gasteiger partial charge >= 0.3 is 0 Å². The van der Waals surface area contributed by atoms with Crippen molar-refractivity contribution in [1.82, 2.24) is 5.32 Å². The minimum absolute atomic E-state index is 0.0181. The Morgan fingerprint density at radius 2 is 1.18 bits per heavy atom. The van der Waals surface area contributed by atoms with Crippen LogP contribution in [0, 0.1) is 5.41 Å². The molecular weight excluding hydrogens is 593 g/mol. The summed E-state index contributed by atoms with van der Waals surface area (Å²) in [5.41, 5.74) is 16.5. The normalized spacial score (nSPS) is 22.1. The van der Waals surface area contributed by atoms with Gasteiger partial charge in [0.2, 0.25) is 0 Å². The molecule has 240 valence electrons. The Balaban J connectivity index is 1.14. The van der Waals surface area contributed by atoms with Gasteiger partial charge in [-0.3, -0.25) is 0 Å². The van der Waals surface area contributed by atoms with Gasteiger partial charge < -0.3 is 5.32 Å². The van der Waals surface area contributed by atoms with Crippen LogP contribution >= 0.6 is 0 Å². The Kier molecular flexibility index (Phi) is 6.49. The van der Waals surface area contributed by atoms with Crippen LogP contribution in [-0.4, -0.2) is 5.84 Å². The van der Waals surface area contributed by atoms with Crippen LogP contribution in [0.5, 0.6) is 0 Å². The van der Waals surface area contributed by atoms with E-state index in [1.54, 1.807) is 0 Å². The van der Waals surface area contributed by atoms with E-state index >= 15 is 0 Å². The third-order valence-corrected chi connectivity index (χ3v) is 11.7. The average Bonchev–Trinajstić information content (AvgIpc) is 3.51. The molecule has 5 aromatic carbocycles. The molecule has 0 aromatic heterocycles. The zero-order valence-corrected chi connectivity index (χ0v) is 29.0. The van der Waals surface area contributed by atoms with Crippen LogP contribution in [0.25, 0.3) is 33.5 Å². The van der Waals surface area contributed by atoms with Gasteiger partial charge in [0, 0.05) is 21.8 Å². The summed E-state index contributed by atoms with van der Waals surface area (Å²) in [6.45, 7) is 11.7. The Morgan fingerprint density at radius 3 is 1.84 bits per heavy atom. The largest absolute Gasteiger partial charge is 0.362 e. The molecule has 1 N–H and O–H groups in total. The number of nitrogens with zero attached hydrogens (tertiary/aromatic N) is 1. The predicted molar refractivity (Wildman–Crippen MR) is 206 cm³/mol. The number of amidine groups is 1. The molecule has 49 heavy (non-hydrogen) atoms. The molecule has 2 unspecified atom stereocenters. The van der Waals surface area contributed by atoms with E-state index in [0.29, 0.717) is 0 Å². The summed E-state index contributed by atoms with van der Waals surface area (Å²) >= 11 is 0. The minimum Gasteiger partial charge on any atom is -0.362 e. The first-order valence-electron chi connectivity index (χ1n) is 17.6. The number of rotatable bonds is 4. The van der Waals surface area contributed by atoms with Gasteiger partial charge in [-0.1, -0.05) is 155 Å². The molecule has 0 spiro atoms. The van der Waals surface area contributed by atoms with E-state index in [2.05, 4.69) is 180 Å². The molecule has 1 heterocycles. The van der Waals surface area contributed by atoms with Crippen LogP contribution in [-0.2, 0) is 10.8 Å². The van der Waals surface area contributed by atoms with Crippen LogP contribution in [0.2, 0.25) is 0 Å². The van der Waals surface area contributed by atoms with Gasteiger partial charge in [-0.05, 0) is 86.7 Å². The number of nitrogens with one attached hydrogen (secondary N) is 1. The topological polar surface area (TPSA) is 24.4 Å². The molecular formula is C47H42N2. The molecule has 0 bridgehead atoms. The first-order valence-corrected chi connectivity index (χ1v) is 17.6. The number of hydrogen-bond acceptors (Lipinski definition) is 2.